The Balaban J connectivity index is 1.72. The molecule has 5 rings (SSSR count). The molecule has 5 aromatic carbocycles. The predicted molar refractivity (Wildman–Crippen MR) is 169 cm³/mol. The van der Waals surface area contributed by atoms with Crippen LogP contribution in [0.15, 0.2) is 152 Å². The molecule has 0 aliphatic carbocycles. The van der Waals surface area contributed by atoms with E-state index in [4.69, 9.17) is 12.7 Å². The average molecular weight is 563 g/mol. The van der Waals surface area contributed by atoms with Crippen molar-refractivity contribution >= 4 is 51.4 Å². The normalized spacial score (nSPS) is 13.5. The van der Waals surface area contributed by atoms with Crippen molar-refractivity contribution in [1.29, 1.82) is 0 Å². The summed E-state index contributed by atoms with van der Waals surface area (Å²) in [5.41, 5.74) is 0. The van der Waals surface area contributed by atoms with Crippen molar-refractivity contribution in [3.8, 4) is 0 Å². The Hall–Kier alpha value is -3.37. The summed E-state index contributed by atoms with van der Waals surface area (Å²) in [4.78, 5) is 0. The summed E-state index contributed by atoms with van der Waals surface area (Å²) in [5.74, 6) is 0. The van der Waals surface area contributed by atoms with Gasteiger partial charge in [-0.2, -0.15) is 0 Å². The lowest BCUT2D eigenvalue weighted by molar-refractivity contribution is 0.298. The van der Waals surface area contributed by atoms with E-state index in [2.05, 4.69) is 147 Å². The van der Waals surface area contributed by atoms with E-state index in [-0.39, 0.29) is 0 Å². The molecule has 0 saturated heterocycles. The molecule has 0 fully saturated rings. The largest absolute Gasteiger partial charge is 0.425 e. The van der Waals surface area contributed by atoms with Crippen LogP contribution in [0.3, 0.4) is 0 Å². The van der Waals surface area contributed by atoms with Gasteiger partial charge in [0.1, 0.15) is 0 Å². The second kappa shape index (κ2) is 11.8. The zero-order chi connectivity index (χ0) is 27.2. The summed E-state index contributed by atoms with van der Waals surface area (Å²) in [5, 5.41) is 5.60. The molecule has 0 spiro atoms. The minimum absolute atomic E-state index is 1.06. The zero-order valence-corrected chi connectivity index (χ0v) is 25.7. The smallest absolute Gasteiger partial charge is 0.398 e. The first kappa shape index (κ1) is 27.2. The van der Waals surface area contributed by atoms with Crippen LogP contribution in [0.5, 0.6) is 0 Å². The van der Waals surface area contributed by atoms with E-state index in [1.165, 1.54) is 10.4 Å². The lowest BCUT2D eigenvalue weighted by Gasteiger charge is -2.43. The Labute approximate surface area is 235 Å². The Morgan fingerprint density at radius 3 is 1.03 bits per heavy atom. The molecule has 0 aromatic heterocycles. The van der Waals surface area contributed by atoms with Gasteiger partial charge < -0.3 is 12.7 Å². The topological polar surface area (TPSA) is 27.7 Å². The molecule has 3 nitrogen and oxygen atoms in total. The van der Waals surface area contributed by atoms with Gasteiger partial charge in [-0.15, -0.1) is 0 Å². The fraction of sp³-hybridized carbons (Fsp3) is 0.0909. The van der Waals surface area contributed by atoms with Gasteiger partial charge in [-0.25, -0.2) is 0 Å². The second-order valence-corrected chi connectivity index (χ2v) is 20.0. The quantitative estimate of drug-likeness (QED) is 0.238. The molecule has 0 N–H and O–H groups in total. The Morgan fingerprint density at radius 2 is 0.692 bits per heavy atom. The molecule has 0 radical (unpaired) electrons. The molecule has 196 valence electrons. The zero-order valence-electron chi connectivity index (χ0n) is 22.7. The minimum atomic E-state index is -3.18. The SMILES string of the molecule is CO[Si](O[Si](C)(O[Si](C)(c1ccccc1)c1ccccc1)c1ccccc1)(c1ccccc1)c1ccccc1. The Bertz CT molecular complexity index is 1370. The number of benzene rings is 5. The highest BCUT2D eigenvalue weighted by molar-refractivity contribution is 7.06. The van der Waals surface area contributed by atoms with Crippen LogP contribution < -0.4 is 25.9 Å². The summed E-state index contributed by atoms with van der Waals surface area (Å²) in [6.07, 6.45) is 0. The van der Waals surface area contributed by atoms with Gasteiger partial charge in [-0.1, -0.05) is 152 Å². The van der Waals surface area contributed by atoms with E-state index < -0.39 is 25.4 Å². The van der Waals surface area contributed by atoms with Crippen molar-refractivity contribution in [1.82, 2.24) is 0 Å². The van der Waals surface area contributed by atoms with E-state index in [0.717, 1.165) is 15.6 Å². The van der Waals surface area contributed by atoms with Crippen LogP contribution >= 0.6 is 0 Å². The Kier molecular flexibility index (Phi) is 8.23. The summed E-state index contributed by atoms with van der Waals surface area (Å²) < 4.78 is 21.7. The molecule has 6 heteroatoms. The van der Waals surface area contributed by atoms with Gasteiger partial charge in [0, 0.05) is 7.11 Å². The maximum absolute atomic E-state index is 7.59. The maximum atomic E-state index is 7.59. The molecule has 0 aliphatic heterocycles. The van der Waals surface area contributed by atoms with Crippen LogP contribution in [-0.2, 0) is 12.7 Å². The van der Waals surface area contributed by atoms with Crippen LogP contribution in [0.4, 0.5) is 0 Å². The molecule has 1 unspecified atom stereocenters. The number of hydrogen-bond acceptors (Lipinski definition) is 3. The fourth-order valence-electron chi connectivity index (χ4n) is 5.22. The monoisotopic (exact) mass is 562 g/mol. The third-order valence-electron chi connectivity index (χ3n) is 7.28. The number of rotatable bonds is 10. The molecule has 1 atom stereocenters. The predicted octanol–water partition coefficient (Wildman–Crippen LogP) is 4.29. The van der Waals surface area contributed by atoms with Crippen molar-refractivity contribution in [2.24, 2.45) is 0 Å². The van der Waals surface area contributed by atoms with Crippen molar-refractivity contribution < 1.29 is 12.7 Å². The molecule has 0 bridgehead atoms. The van der Waals surface area contributed by atoms with Crippen LogP contribution in [0.2, 0.25) is 13.1 Å². The molecule has 0 amide bonds. The Morgan fingerprint density at radius 1 is 0.385 bits per heavy atom. The van der Waals surface area contributed by atoms with Gasteiger partial charge in [-0.3, -0.25) is 0 Å². The highest BCUT2D eigenvalue weighted by Crippen LogP contribution is 2.23. The van der Waals surface area contributed by atoms with Gasteiger partial charge in [0.15, 0.2) is 0 Å². The second-order valence-electron chi connectivity index (χ2n) is 9.83. The molecule has 5 aromatic rings. The van der Waals surface area contributed by atoms with Crippen molar-refractivity contribution in [3.63, 3.8) is 0 Å². The van der Waals surface area contributed by atoms with E-state index in [1.54, 1.807) is 7.11 Å². The first-order valence-corrected chi connectivity index (χ1v) is 19.8. The third kappa shape index (κ3) is 5.53. The van der Waals surface area contributed by atoms with E-state index in [1.807, 2.05) is 18.2 Å². The molecule has 0 saturated carbocycles. The summed E-state index contributed by atoms with van der Waals surface area (Å²) in [6, 6.07) is 52.5. The third-order valence-corrected chi connectivity index (χ3v) is 20.2. The molecule has 0 aliphatic rings. The van der Waals surface area contributed by atoms with Crippen LogP contribution in [-0.4, -0.2) is 32.5 Å². The molecule has 0 heterocycles. The van der Waals surface area contributed by atoms with Gasteiger partial charge >= 0.3 is 17.1 Å². The maximum Gasteiger partial charge on any atom is 0.398 e. The van der Waals surface area contributed by atoms with Gasteiger partial charge in [0.2, 0.25) is 8.32 Å². The molecule has 39 heavy (non-hydrogen) atoms. The molecular weight excluding hydrogens is 529 g/mol. The van der Waals surface area contributed by atoms with Crippen molar-refractivity contribution in [2.75, 3.05) is 7.11 Å². The minimum Gasteiger partial charge on any atom is -0.425 e. The summed E-state index contributed by atoms with van der Waals surface area (Å²) in [7, 11) is -7.29. The van der Waals surface area contributed by atoms with Gasteiger partial charge in [-0.05, 0) is 39.0 Å². The van der Waals surface area contributed by atoms with E-state index >= 15 is 0 Å². The van der Waals surface area contributed by atoms with Crippen LogP contribution in [0, 0.1) is 0 Å². The standard InChI is InChI=1S/C33H34O3Si3/c1-34-39(32-25-15-7-16-26-32,33-27-17-8-18-28-33)36-38(3,31-23-13-6-14-24-31)35-37(2,29-19-9-4-10-20-29)30-21-11-5-12-22-30/h4-28H,1-3H3. The van der Waals surface area contributed by atoms with Crippen molar-refractivity contribution in [3.05, 3.63) is 152 Å². The highest BCUT2D eigenvalue weighted by Gasteiger charge is 2.53. The fourth-order valence-corrected chi connectivity index (χ4v) is 19.1. The van der Waals surface area contributed by atoms with Crippen LogP contribution in [0.1, 0.15) is 0 Å². The van der Waals surface area contributed by atoms with Crippen molar-refractivity contribution in [2.45, 2.75) is 13.1 Å². The van der Waals surface area contributed by atoms with Crippen LogP contribution in [0.25, 0.3) is 0 Å². The van der Waals surface area contributed by atoms with E-state index in [9.17, 15) is 0 Å². The first-order chi connectivity index (χ1) is 19.0. The van der Waals surface area contributed by atoms with E-state index in [0.29, 0.717) is 0 Å². The highest BCUT2D eigenvalue weighted by atomic mass is 28.5. The van der Waals surface area contributed by atoms with Gasteiger partial charge in [0.25, 0.3) is 0 Å². The number of hydrogen-bond donors (Lipinski definition) is 0. The lowest BCUT2D eigenvalue weighted by Crippen LogP contribution is -2.74. The lowest BCUT2D eigenvalue weighted by atomic mass is 10.4. The average Bonchev–Trinajstić information content (AvgIpc) is 3.02. The molecular formula is C33H34O3Si3. The first-order valence-electron chi connectivity index (χ1n) is 13.2. The van der Waals surface area contributed by atoms with Gasteiger partial charge in [0.05, 0.1) is 0 Å². The summed E-state index contributed by atoms with van der Waals surface area (Å²) >= 11 is 0. The summed E-state index contributed by atoms with van der Waals surface area (Å²) in [6.45, 7) is 4.47.